The molecule has 0 aliphatic heterocycles. The molecule has 6 aromatic rings. The number of hydrogen-bond acceptors (Lipinski definition) is 9. The fourth-order valence-corrected chi connectivity index (χ4v) is 8.20. The molecule has 3 atom stereocenters. The lowest BCUT2D eigenvalue weighted by Crippen LogP contribution is -2.54. The number of carbonyl (C=O) groups is 3. The van der Waals surface area contributed by atoms with Gasteiger partial charge in [0.05, 0.1) is 12.8 Å². The molecule has 0 unspecified atom stereocenters. The van der Waals surface area contributed by atoms with Gasteiger partial charge in [0.1, 0.15) is 35.4 Å². The fraction of sp³-hybridized carbons (Fsp3) is 0.389. The summed E-state index contributed by atoms with van der Waals surface area (Å²) in [6.07, 6.45) is 5.71. The SMILES string of the molecule is CC(C)CCOc1ccc2ccccc2c1-c1c(OCC(=O)N[C@H](CCCCN)C(=O)N[C@H](CCCNC(=N)N)C(=O)N[C@@H](CC(C)C)c2ncc(Cc3ccccc3)o2)ccc2ccccc12. The zero-order valence-electron chi connectivity index (χ0n) is 39.8. The van der Waals surface area contributed by atoms with Crippen molar-refractivity contribution in [3.05, 3.63) is 127 Å². The van der Waals surface area contributed by atoms with Crippen molar-refractivity contribution in [3.8, 4) is 22.6 Å². The molecule has 14 heteroatoms. The highest BCUT2D eigenvalue weighted by atomic mass is 16.5. The van der Waals surface area contributed by atoms with Crippen molar-refractivity contribution >= 4 is 45.2 Å². The van der Waals surface area contributed by atoms with E-state index >= 15 is 0 Å². The van der Waals surface area contributed by atoms with Crippen LogP contribution in [0, 0.1) is 17.2 Å². The minimum absolute atomic E-state index is 0.171. The summed E-state index contributed by atoms with van der Waals surface area (Å²) in [7, 11) is 0. The predicted molar refractivity (Wildman–Crippen MR) is 269 cm³/mol. The normalized spacial score (nSPS) is 12.7. The second-order valence-corrected chi connectivity index (χ2v) is 18.1. The molecule has 0 aliphatic rings. The monoisotopic (exact) mass is 925 g/mol. The second-order valence-electron chi connectivity index (χ2n) is 18.1. The minimum atomic E-state index is -1.01. The molecule has 68 heavy (non-hydrogen) atoms. The summed E-state index contributed by atoms with van der Waals surface area (Å²) in [4.78, 5) is 47.1. The number of ether oxygens (including phenoxy) is 2. The molecule has 0 spiro atoms. The number of hydrogen-bond donors (Lipinski definition) is 7. The van der Waals surface area contributed by atoms with Crippen molar-refractivity contribution in [2.75, 3.05) is 26.3 Å². The first-order valence-corrected chi connectivity index (χ1v) is 23.9. The predicted octanol–water partition coefficient (Wildman–Crippen LogP) is 8.31. The van der Waals surface area contributed by atoms with Gasteiger partial charge in [-0.25, -0.2) is 4.98 Å². The van der Waals surface area contributed by atoms with Crippen LogP contribution in [0.15, 0.2) is 114 Å². The summed E-state index contributed by atoms with van der Waals surface area (Å²) >= 11 is 0. The Labute approximate surface area is 399 Å². The Bertz CT molecular complexity index is 2600. The van der Waals surface area contributed by atoms with Gasteiger partial charge in [0.15, 0.2) is 12.6 Å². The maximum Gasteiger partial charge on any atom is 0.258 e. The smallest absolute Gasteiger partial charge is 0.258 e. The molecule has 0 saturated heterocycles. The number of aromatic nitrogens is 1. The Hall–Kier alpha value is -6.93. The van der Waals surface area contributed by atoms with E-state index in [-0.39, 0.29) is 31.3 Å². The highest BCUT2D eigenvalue weighted by Gasteiger charge is 2.30. The third-order valence-corrected chi connectivity index (χ3v) is 11.7. The molecular formula is C54H68N8O6. The Morgan fingerprint density at radius 1 is 0.691 bits per heavy atom. The Morgan fingerprint density at radius 2 is 1.29 bits per heavy atom. The first-order valence-electron chi connectivity index (χ1n) is 23.9. The number of amides is 3. The molecule has 1 heterocycles. The molecule has 3 amide bonds. The van der Waals surface area contributed by atoms with E-state index in [0.29, 0.717) is 80.9 Å². The van der Waals surface area contributed by atoms with Crippen molar-refractivity contribution < 1.29 is 28.3 Å². The quantitative estimate of drug-likeness (QED) is 0.0157. The van der Waals surface area contributed by atoms with Gasteiger partial charge in [-0.3, -0.25) is 19.8 Å². The number of fused-ring (bicyclic) bond motifs is 2. The van der Waals surface area contributed by atoms with Gasteiger partial charge in [0.25, 0.3) is 5.91 Å². The lowest BCUT2D eigenvalue weighted by Gasteiger charge is -2.25. The lowest BCUT2D eigenvalue weighted by atomic mass is 9.92. The fourth-order valence-electron chi connectivity index (χ4n) is 8.20. The second kappa shape index (κ2) is 25.3. The highest BCUT2D eigenvalue weighted by Crippen LogP contribution is 2.45. The summed E-state index contributed by atoms with van der Waals surface area (Å²) in [5.74, 6) is 1.19. The van der Waals surface area contributed by atoms with Gasteiger partial charge in [-0.2, -0.15) is 0 Å². The van der Waals surface area contributed by atoms with Crippen LogP contribution >= 0.6 is 0 Å². The average Bonchev–Trinajstić information content (AvgIpc) is 3.79. The van der Waals surface area contributed by atoms with Gasteiger partial charge in [-0.15, -0.1) is 0 Å². The molecule has 14 nitrogen and oxygen atoms in total. The lowest BCUT2D eigenvalue weighted by molar-refractivity contribution is -0.133. The van der Waals surface area contributed by atoms with Crippen LogP contribution in [0.2, 0.25) is 0 Å². The third-order valence-electron chi connectivity index (χ3n) is 11.7. The molecule has 0 bridgehead atoms. The minimum Gasteiger partial charge on any atom is -0.493 e. The van der Waals surface area contributed by atoms with Crippen LogP contribution in [0.25, 0.3) is 32.7 Å². The summed E-state index contributed by atoms with van der Waals surface area (Å²) < 4.78 is 19.1. The molecular weight excluding hydrogens is 857 g/mol. The zero-order valence-corrected chi connectivity index (χ0v) is 39.8. The van der Waals surface area contributed by atoms with E-state index in [2.05, 4.69) is 58.3 Å². The van der Waals surface area contributed by atoms with Gasteiger partial charge >= 0.3 is 0 Å². The number of oxazole rings is 1. The van der Waals surface area contributed by atoms with Crippen LogP contribution in [0.4, 0.5) is 0 Å². The topological polar surface area (TPSA) is 220 Å². The largest absolute Gasteiger partial charge is 0.493 e. The Kier molecular flexibility index (Phi) is 18.8. The summed E-state index contributed by atoms with van der Waals surface area (Å²) in [6.45, 7) is 9.28. The van der Waals surface area contributed by atoms with E-state index in [1.165, 1.54) is 0 Å². The van der Waals surface area contributed by atoms with Crippen LogP contribution in [0.1, 0.15) is 95.9 Å². The van der Waals surface area contributed by atoms with Crippen molar-refractivity contribution in [2.45, 2.75) is 97.2 Å². The zero-order chi connectivity index (χ0) is 48.4. The number of carbonyl (C=O) groups excluding carboxylic acids is 3. The van der Waals surface area contributed by atoms with Gasteiger partial charge < -0.3 is 46.6 Å². The number of nitrogens with zero attached hydrogens (tertiary/aromatic N) is 1. The van der Waals surface area contributed by atoms with Gasteiger partial charge in [-0.1, -0.05) is 119 Å². The van der Waals surface area contributed by atoms with E-state index in [1.807, 2.05) is 98.8 Å². The van der Waals surface area contributed by atoms with E-state index in [1.54, 1.807) is 6.20 Å². The maximum atomic E-state index is 14.3. The van der Waals surface area contributed by atoms with Gasteiger partial charge in [0.2, 0.25) is 17.7 Å². The first kappa shape index (κ1) is 50.5. The van der Waals surface area contributed by atoms with Crippen molar-refractivity contribution in [2.24, 2.45) is 23.3 Å². The Morgan fingerprint density at radius 3 is 1.93 bits per heavy atom. The summed E-state index contributed by atoms with van der Waals surface area (Å²) in [5, 5.41) is 23.3. The van der Waals surface area contributed by atoms with Gasteiger partial charge in [0, 0.05) is 24.1 Å². The van der Waals surface area contributed by atoms with Crippen molar-refractivity contribution in [3.63, 3.8) is 0 Å². The van der Waals surface area contributed by atoms with Crippen LogP contribution in [-0.4, -0.2) is 67.1 Å². The van der Waals surface area contributed by atoms with E-state index in [4.69, 9.17) is 30.8 Å². The van der Waals surface area contributed by atoms with Crippen molar-refractivity contribution in [1.82, 2.24) is 26.3 Å². The number of unbranched alkanes of at least 4 members (excludes halogenated alkanes) is 1. The van der Waals surface area contributed by atoms with Crippen molar-refractivity contribution in [1.29, 1.82) is 5.41 Å². The number of guanidine groups is 1. The van der Waals surface area contributed by atoms with Gasteiger partial charge in [-0.05, 0) is 103 Å². The number of nitrogens with one attached hydrogen (secondary N) is 5. The van der Waals surface area contributed by atoms with E-state index in [9.17, 15) is 14.4 Å². The highest BCUT2D eigenvalue weighted by molar-refractivity contribution is 6.10. The Balaban J connectivity index is 1.22. The maximum absolute atomic E-state index is 14.3. The molecule has 9 N–H and O–H groups in total. The number of benzene rings is 5. The molecule has 0 fully saturated rings. The molecule has 0 radical (unpaired) electrons. The average molecular weight is 925 g/mol. The first-order chi connectivity index (χ1) is 32.9. The molecule has 360 valence electrons. The third kappa shape index (κ3) is 14.5. The van der Waals surface area contributed by atoms with Crippen LogP contribution in [0.3, 0.4) is 0 Å². The molecule has 0 aliphatic carbocycles. The van der Waals surface area contributed by atoms with Crippen LogP contribution < -0.4 is 42.2 Å². The summed E-state index contributed by atoms with van der Waals surface area (Å²) in [6, 6.07) is 31.4. The molecule has 0 saturated carbocycles. The number of nitrogens with two attached hydrogens (primary N) is 2. The van der Waals surface area contributed by atoms with Crippen LogP contribution in [0.5, 0.6) is 11.5 Å². The molecule has 5 aromatic carbocycles. The summed E-state index contributed by atoms with van der Waals surface area (Å²) in [5.41, 5.74) is 14.1. The number of rotatable bonds is 26. The van der Waals surface area contributed by atoms with Crippen LogP contribution in [-0.2, 0) is 20.8 Å². The molecule has 6 rings (SSSR count). The van der Waals surface area contributed by atoms with E-state index in [0.717, 1.165) is 44.7 Å². The molecule has 1 aromatic heterocycles. The van der Waals surface area contributed by atoms with E-state index < -0.39 is 35.8 Å². The standard InChI is InChI=1S/C54H68N8O6/c1-35(2)27-30-66-46-25-23-38-17-8-10-19-41(38)49(46)50-42-20-11-9-18-39(42)24-26-47(50)67-34-48(63)60-43(21-12-13-28-55)51(64)61-44(22-14-29-58-54(56)57)52(65)62-45(31-36(3)4)53-59-33-40(68-53)32-37-15-6-5-7-16-37/h5-11,15-20,23-26,33,35-36,43-45H,12-14,21-22,27-32,34,55H2,1-4H3,(H,60,63)(H,61,64)(H,62,65)(H4,56,57,58)/t43-,44-,45+/m1/s1.